The van der Waals surface area contributed by atoms with E-state index in [1.807, 2.05) is 22.9 Å². The second-order valence-corrected chi connectivity index (χ2v) is 6.32. The summed E-state index contributed by atoms with van der Waals surface area (Å²) in [6, 6.07) is 5.59. The van der Waals surface area contributed by atoms with Crippen molar-refractivity contribution in [1.29, 1.82) is 0 Å². The van der Waals surface area contributed by atoms with E-state index in [9.17, 15) is 4.79 Å². The molecule has 1 amide bonds. The first-order chi connectivity index (χ1) is 10.7. The third-order valence-corrected chi connectivity index (χ3v) is 4.79. The average molecular weight is 338 g/mol. The van der Waals surface area contributed by atoms with Crippen LogP contribution in [0.3, 0.4) is 0 Å². The molecule has 2 atom stereocenters. The largest absolute Gasteiger partial charge is 0.356 e. The van der Waals surface area contributed by atoms with Crippen molar-refractivity contribution in [1.82, 2.24) is 14.9 Å². The zero-order valence-corrected chi connectivity index (χ0v) is 13.5. The molecule has 6 heteroatoms. The van der Waals surface area contributed by atoms with Gasteiger partial charge in [-0.25, -0.2) is 4.98 Å². The Morgan fingerprint density at radius 2 is 2.27 bits per heavy atom. The lowest BCUT2D eigenvalue weighted by Crippen LogP contribution is -2.27. The van der Waals surface area contributed by atoms with E-state index in [1.54, 1.807) is 18.6 Å². The molecule has 0 bridgehead atoms. The summed E-state index contributed by atoms with van der Waals surface area (Å²) in [5.74, 6) is 0.315. The smallest absolute Gasteiger partial charge is 0.223 e. The van der Waals surface area contributed by atoms with Crippen LogP contribution in [0.4, 0.5) is 0 Å². The van der Waals surface area contributed by atoms with E-state index >= 15 is 0 Å². The maximum Gasteiger partial charge on any atom is 0.223 e. The molecule has 0 saturated heterocycles. The SMILES string of the molecule is O=C(NCCCn1ccnc1)C1CC1c1cccc(Cl)c1Cl. The highest BCUT2D eigenvalue weighted by Crippen LogP contribution is 2.50. The fourth-order valence-corrected chi connectivity index (χ4v) is 3.11. The summed E-state index contributed by atoms with van der Waals surface area (Å²) in [6.45, 7) is 1.53. The lowest BCUT2D eigenvalue weighted by Gasteiger charge is -2.07. The van der Waals surface area contributed by atoms with Gasteiger partial charge in [0, 0.05) is 31.4 Å². The normalized spacial score (nSPS) is 19.9. The topological polar surface area (TPSA) is 46.9 Å². The minimum absolute atomic E-state index is 0.0178. The Hall–Kier alpha value is -1.52. The molecular weight excluding hydrogens is 321 g/mol. The number of amides is 1. The first kappa shape index (κ1) is 15.4. The van der Waals surface area contributed by atoms with E-state index < -0.39 is 0 Å². The Bertz CT molecular complexity index is 657. The third-order valence-electron chi connectivity index (χ3n) is 3.96. The van der Waals surface area contributed by atoms with Gasteiger partial charge in [-0.15, -0.1) is 0 Å². The molecule has 1 saturated carbocycles. The number of rotatable bonds is 6. The number of benzene rings is 1. The Morgan fingerprint density at radius 1 is 1.41 bits per heavy atom. The molecular formula is C16H17Cl2N3O. The number of carbonyl (C=O) groups excluding carboxylic acids is 1. The summed E-state index contributed by atoms with van der Waals surface area (Å²) in [6.07, 6.45) is 7.17. The fraction of sp³-hybridized carbons (Fsp3) is 0.375. The summed E-state index contributed by atoms with van der Waals surface area (Å²) in [5, 5.41) is 4.11. The van der Waals surface area contributed by atoms with Crippen LogP contribution in [0.15, 0.2) is 36.9 Å². The average Bonchev–Trinajstić information content (AvgIpc) is 3.13. The van der Waals surface area contributed by atoms with Crippen LogP contribution < -0.4 is 5.32 Å². The fourth-order valence-electron chi connectivity index (χ4n) is 2.66. The molecule has 2 unspecified atom stereocenters. The number of nitrogens with zero attached hydrogens (tertiary/aromatic N) is 2. The molecule has 1 aliphatic carbocycles. The maximum atomic E-state index is 12.1. The molecule has 1 aromatic heterocycles. The van der Waals surface area contributed by atoms with E-state index in [2.05, 4.69) is 10.3 Å². The molecule has 0 spiro atoms. The van der Waals surface area contributed by atoms with Crippen molar-refractivity contribution in [2.45, 2.75) is 25.3 Å². The van der Waals surface area contributed by atoms with Crippen LogP contribution in [-0.2, 0) is 11.3 Å². The van der Waals surface area contributed by atoms with Crippen LogP contribution in [0, 0.1) is 5.92 Å². The van der Waals surface area contributed by atoms with Gasteiger partial charge in [-0.1, -0.05) is 35.3 Å². The standard InChI is InChI=1S/C16H17Cl2N3O/c17-14-4-1-3-11(15(14)18)12-9-13(12)16(22)20-5-2-7-21-8-6-19-10-21/h1,3-4,6,8,10,12-13H,2,5,7,9H2,(H,20,22). The van der Waals surface area contributed by atoms with Crippen LogP contribution >= 0.6 is 23.2 Å². The molecule has 116 valence electrons. The summed E-state index contributed by atoms with van der Waals surface area (Å²) < 4.78 is 2.00. The number of halogens is 2. The van der Waals surface area contributed by atoms with E-state index in [4.69, 9.17) is 23.2 Å². The Balaban J connectivity index is 1.45. The van der Waals surface area contributed by atoms with Gasteiger partial charge in [0.05, 0.1) is 16.4 Å². The number of imidazole rings is 1. The van der Waals surface area contributed by atoms with Crippen molar-refractivity contribution >= 4 is 29.1 Å². The van der Waals surface area contributed by atoms with Crippen LogP contribution in [-0.4, -0.2) is 22.0 Å². The van der Waals surface area contributed by atoms with Gasteiger partial charge >= 0.3 is 0 Å². The predicted molar refractivity (Wildman–Crippen MR) is 87.2 cm³/mol. The second-order valence-electron chi connectivity index (χ2n) is 5.54. The number of carbonyl (C=O) groups is 1. The monoisotopic (exact) mass is 337 g/mol. The van der Waals surface area contributed by atoms with E-state index in [0.717, 1.165) is 24.9 Å². The summed E-state index contributed by atoms with van der Waals surface area (Å²) in [4.78, 5) is 16.1. The zero-order chi connectivity index (χ0) is 15.5. The van der Waals surface area contributed by atoms with Crippen molar-refractivity contribution < 1.29 is 4.79 Å². The highest BCUT2D eigenvalue weighted by Gasteiger charge is 2.44. The summed E-state index contributed by atoms with van der Waals surface area (Å²) in [7, 11) is 0. The first-order valence-corrected chi connectivity index (χ1v) is 8.10. The highest BCUT2D eigenvalue weighted by molar-refractivity contribution is 6.42. The minimum Gasteiger partial charge on any atom is -0.356 e. The van der Waals surface area contributed by atoms with Crippen LogP contribution in [0.5, 0.6) is 0 Å². The third kappa shape index (κ3) is 3.45. The lowest BCUT2D eigenvalue weighted by molar-refractivity contribution is -0.122. The van der Waals surface area contributed by atoms with Gasteiger partial charge in [0.2, 0.25) is 5.91 Å². The van der Waals surface area contributed by atoms with Gasteiger partial charge in [0.15, 0.2) is 0 Å². The molecule has 22 heavy (non-hydrogen) atoms. The molecule has 1 N–H and O–H groups in total. The molecule has 3 rings (SSSR count). The molecule has 0 aliphatic heterocycles. The van der Waals surface area contributed by atoms with E-state index in [-0.39, 0.29) is 17.7 Å². The number of hydrogen-bond donors (Lipinski definition) is 1. The van der Waals surface area contributed by atoms with Crippen molar-refractivity contribution in [3.8, 4) is 0 Å². The van der Waals surface area contributed by atoms with Gasteiger partial charge in [-0.2, -0.15) is 0 Å². The zero-order valence-electron chi connectivity index (χ0n) is 12.0. The van der Waals surface area contributed by atoms with E-state index in [1.165, 1.54) is 0 Å². The van der Waals surface area contributed by atoms with Crippen molar-refractivity contribution in [2.24, 2.45) is 5.92 Å². The van der Waals surface area contributed by atoms with Crippen LogP contribution in [0.25, 0.3) is 0 Å². The molecule has 1 heterocycles. The van der Waals surface area contributed by atoms with Gasteiger partial charge < -0.3 is 9.88 Å². The van der Waals surface area contributed by atoms with Gasteiger partial charge in [-0.3, -0.25) is 4.79 Å². The Morgan fingerprint density at radius 3 is 3.05 bits per heavy atom. The number of aromatic nitrogens is 2. The van der Waals surface area contributed by atoms with Crippen LogP contribution in [0.1, 0.15) is 24.3 Å². The molecule has 4 nitrogen and oxygen atoms in total. The number of hydrogen-bond acceptors (Lipinski definition) is 2. The lowest BCUT2D eigenvalue weighted by atomic mass is 10.1. The summed E-state index contributed by atoms with van der Waals surface area (Å²) in [5.41, 5.74) is 0.979. The Labute approximate surface area is 139 Å². The predicted octanol–water partition coefficient (Wildman–Crippen LogP) is 3.50. The van der Waals surface area contributed by atoms with Gasteiger partial charge in [0.1, 0.15) is 0 Å². The van der Waals surface area contributed by atoms with Crippen LogP contribution in [0.2, 0.25) is 10.0 Å². The van der Waals surface area contributed by atoms with Crippen molar-refractivity contribution in [3.63, 3.8) is 0 Å². The Kier molecular flexibility index (Phi) is 4.69. The number of nitrogens with one attached hydrogen (secondary N) is 1. The molecule has 2 aromatic rings. The molecule has 1 aliphatic rings. The van der Waals surface area contributed by atoms with Crippen molar-refractivity contribution in [2.75, 3.05) is 6.54 Å². The van der Waals surface area contributed by atoms with Gasteiger partial charge in [-0.05, 0) is 30.4 Å². The quantitative estimate of drug-likeness (QED) is 0.820. The molecule has 0 radical (unpaired) electrons. The van der Waals surface area contributed by atoms with Gasteiger partial charge in [0.25, 0.3) is 0 Å². The maximum absolute atomic E-state index is 12.1. The highest BCUT2D eigenvalue weighted by atomic mass is 35.5. The first-order valence-electron chi connectivity index (χ1n) is 7.34. The summed E-state index contributed by atoms with van der Waals surface area (Å²) >= 11 is 12.2. The van der Waals surface area contributed by atoms with E-state index in [0.29, 0.717) is 16.6 Å². The number of aryl methyl sites for hydroxylation is 1. The minimum atomic E-state index is 0.0178. The molecule has 1 fully saturated rings. The second kappa shape index (κ2) is 6.71. The molecule has 1 aromatic carbocycles. The van der Waals surface area contributed by atoms with Crippen molar-refractivity contribution in [3.05, 3.63) is 52.5 Å².